The number of aryl methyl sites for hydroxylation is 1. The number of esters is 1. The Hall–Kier alpha value is -3.42. The van der Waals surface area contributed by atoms with Crippen LogP contribution >= 0.6 is 0 Å². The van der Waals surface area contributed by atoms with Gasteiger partial charge >= 0.3 is 5.97 Å². The number of amides is 1. The highest BCUT2D eigenvalue weighted by molar-refractivity contribution is 5.93. The summed E-state index contributed by atoms with van der Waals surface area (Å²) in [5, 5.41) is 16.4. The number of anilines is 1. The summed E-state index contributed by atoms with van der Waals surface area (Å²) < 4.78 is 4.92. The molecule has 142 valence electrons. The predicted molar refractivity (Wildman–Crippen MR) is 101 cm³/mol. The van der Waals surface area contributed by atoms with Crippen LogP contribution < -0.4 is 10.6 Å². The molecule has 0 spiro atoms. The zero-order chi connectivity index (χ0) is 19.6. The smallest absolute Gasteiger partial charge is 0.338 e. The van der Waals surface area contributed by atoms with Gasteiger partial charge < -0.3 is 15.4 Å². The molecule has 0 aromatic heterocycles. The van der Waals surface area contributed by atoms with Crippen molar-refractivity contribution in [3.63, 3.8) is 0 Å². The number of benzene rings is 2. The Morgan fingerprint density at radius 3 is 2.56 bits per heavy atom. The van der Waals surface area contributed by atoms with Gasteiger partial charge in [0.2, 0.25) is 0 Å². The first-order chi connectivity index (χ1) is 13.0. The number of nitro benzene ring substituents is 1. The first-order valence-corrected chi connectivity index (χ1v) is 8.45. The highest BCUT2D eigenvalue weighted by Crippen LogP contribution is 2.25. The molecule has 0 saturated carbocycles. The van der Waals surface area contributed by atoms with Crippen molar-refractivity contribution in [1.29, 1.82) is 0 Å². The number of nitro groups is 1. The van der Waals surface area contributed by atoms with Gasteiger partial charge in [0, 0.05) is 19.7 Å². The van der Waals surface area contributed by atoms with E-state index in [1.165, 1.54) is 17.7 Å². The van der Waals surface area contributed by atoms with Crippen LogP contribution in [0, 0.1) is 10.1 Å². The Morgan fingerprint density at radius 2 is 1.89 bits per heavy atom. The molecule has 2 rings (SSSR count). The van der Waals surface area contributed by atoms with Crippen LogP contribution in [0.1, 0.15) is 22.3 Å². The maximum absolute atomic E-state index is 12.0. The van der Waals surface area contributed by atoms with Crippen molar-refractivity contribution in [2.75, 3.05) is 25.5 Å². The molecule has 0 bridgehead atoms. The lowest BCUT2D eigenvalue weighted by molar-refractivity contribution is -0.384. The van der Waals surface area contributed by atoms with E-state index >= 15 is 0 Å². The fourth-order valence-electron chi connectivity index (χ4n) is 2.45. The van der Waals surface area contributed by atoms with E-state index in [0.29, 0.717) is 6.54 Å². The molecule has 0 saturated heterocycles. The van der Waals surface area contributed by atoms with Crippen molar-refractivity contribution in [1.82, 2.24) is 5.32 Å². The normalized spacial score (nSPS) is 10.1. The van der Waals surface area contributed by atoms with Gasteiger partial charge in [0.1, 0.15) is 5.69 Å². The van der Waals surface area contributed by atoms with Crippen LogP contribution in [0.15, 0.2) is 48.5 Å². The second kappa shape index (κ2) is 9.91. The van der Waals surface area contributed by atoms with Crippen LogP contribution in [0.5, 0.6) is 0 Å². The van der Waals surface area contributed by atoms with E-state index in [0.717, 1.165) is 18.9 Å². The number of hydrogen-bond donors (Lipinski definition) is 2. The molecule has 2 aromatic rings. The number of carbonyl (C=O) groups excluding carboxylic acids is 2. The minimum Gasteiger partial charge on any atom is -0.452 e. The number of carbonyl (C=O) groups is 2. The van der Waals surface area contributed by atoms with Crippen molar-refractivity contribution < 1.29 is 19.2 Å². The van der Waals surface area contributed by atoms with E-state index in [2.05, 4.69) is 10.6 Å². The van der Waals surface area contributed by atoms with Crippen LogP contribution in [0.3, 0.4) is 0 Å². The molecule has 27 heavy (non-hydrogen) atoms. The van der Waals surface area contributed by atoms with Gasteiger partial charge in [0.15, 0.2) is 6.61 Å². The molecule has 1 amide bonds. The van der Waals surface area contributed by atoms with Crippen LogP contribution in [0.25, 0.3) is 0 Å². The highest BCUT2D eigenvalue weighted by Gasteiger charge is 2.18. The van der Waals surface area contributed by atoms with E-state index in [1.54, 1.807) is 7.05 Å². The van der Waals surface area contributed by atoms with Crippen molar-refractivity contribution in [2.45, 2.75) is 12.8 Å². The number of nitrogens with one attached hydrogen (secondary N) is 2. The summed E-state index contributed by atoms with van der Waals surface area (Å²) in [6.07, 6.45) is 1.60. The molecule has 2 aromatic carbocycles. The van der Waals surface area contributed by atoms with Crippen molar-refractivity contribution >= 4 is 23.3 Å². The van der Waals surface area contributed by atoms with Crippen LogP contribution in [0.4, 0.5) is 11.4 Å². The first kappa shape index (κ1) is 19.9. The second-order valence-electron chi connectivity index (χ2n) is 5.75. The highest BCUT2D eigenvalue weighted by atomic mass is 16.6. The number of nitrogens with zero attached hydrogens (tertiary/aromatic N) is 1. The molecule has 8 heteroatoms. The SMILES string of the molecule is CNc1ccc(C(=O)OCC(=O)NCCCc2ccccc2)cc1[N+](=O)[O-]. The zero-order valence-electron chi connectivity index (χ0n) is 14.9. The Balaban J connectivity index is 1.77. The lowest BCUT2D eigenvalue weighted by Crippen LogP contribution is -2.29. The van der Waals surface area contributed by atoms with Gasteiger partial charge in [0.05, 0.1) is 10.5 Å². The third-order valence-electron chi connectivity index (χ3n) is 3.84. The number of rotatable bonds is 9. The maximum Gasteiger partial charge on any atom is 0.338 e. The van der Waals surface area contributed by atoms with Crippen molar-refractivity contribution in [3.8, 4) is 0 Å². The van der Waals surface area contributed by atoms with E-state index in [9.17, 15) is 19.7 Å². The van der Waals surface area contributed by atoms with Gasteiger partial charge in [0.25, 0.3) is 11.6 Å². The van der Waals surface area contributed by atoms with Gasteiger partial charge in [-0.05, 0) is 30.5 Å². The van der Waals surface area contributed by atoms with Gasteiger partial charge in [-0.1, -0.05) is 30.3 Å². The molecular formula is C19H21N3O5. The zero-order valence-corrected chi connectivity index (χ0v) is 14.9. The second-order valence-corrected chi connectivity index (χ2v) is 5.75. The topological polar surface area (TPSA) is 111 Å². The fourth-order valence-corrected chi connectivity index (χ4v) is 2.45. The molecule has 2 N–H and O–H groups in total. The monoisotopic (exact) mass is 371 g/mol. The summed E-state index contributed by atoms with van der Waals surface area (Å²) in [6, 6.07) is 13.8. The Morgan fingerprint density at radius 1 is 1.15 bits per heavy atom. The van der Waals surface area contributed by atoms with E-state index in [-0.39, 0.29) is 16.9 Å². The average Bonchev–Trinajstić information content (AvgIpc) is 2.69. The summed E-state index contributed by atoms with van der Waals surface area (Å²) in [5.41, 5.74) is 1.24. The molecule has 0 heterocycles. The molecule has 0 unspecified atom stereocenters. The summed E-state index contributed by atoms with van der Waals surface area (Å²) in [5.74, 6) is -1.21. The molecule has 0 fully saturated rings. The minimum absolute atomic E-state index is 0.0116. The largest absolute Gasteiger partial charge is 0.452 e. The van der Waals surface area contributed by atoms with Gasteiger partial charge in [-0.15, -0.1) is 0 Å². The van der Waals surface area contributed by atoms with E-state index in [1.807, 2.05) is 30.3 Å². The molecule has 0 aliphatic heterocycles. The lowest BCUT2D eigenvalue weighted by atomic mass is 10.1. The molecule has 0 radical (unpaired) electrons. The molecule has 8 nitrogen and oxygen atoms in total. The summed E-state index contributed by atoms with van der Waals surface area (Å²) >= 11 is 0. The third-order valence-corrected chi connectivity index (χ3v) is 3.84. The summed E-state index contributed by atoms with van der Waals surface area (Å²) in [4.78, 5) is 34.2. The quantitative estimate of drug-likeness (QED) is 0.303. The van der Waals surface area contributed by atoms with Crippen molar-refractivity contribution in [3.05, 3.63) is 69.8 Å². The Labute approximate surface area is 156 Å². The van der Waals surface area contributed by atoms with Gasteiger partial charge in [-0.2, -0.15) is 0 Å². The fraction of sp³-hybridized carbons (Fsp3) is 0.263. The van der Waals surface area contributed by atoms with E-state index in [4.69, 9.17) is 4.74 Å². The lowest BCUT2D eigenvalue weighted by Gasteiger charge is -2.08. The molecule has 0 atom stereocenters. The van der Waals surface area contributed by atoms with Crippen molar-refractivity contribution in [2.24, 2.45) is 0 Å². The average molecular weight is 371 g/mol. The van der Waals surface area contributed by atoms with Crippen LogP contribution in [0.2, 0.25) is 0 Å². The standard InChI is InChI=1S/C19H21N3O5/c1-20-16-10-9-15(12-17(16)22(25)26)19(24)27-13-18(23)21-11-5-8-14-6-3-2-4-7-14/h2-4,6-7,9-10,12,20H,5,8,11,13H2,1H3,(H,21,23). The maximum atomic E-state index is 12.0. The van der Waals surface area contributed by atoms with Crippen LogP contribution in [-0.2, 0) is 16.0 Å². The van der Waals surface area contributed by atoms with E-state index < -0.39 is 23.4 Å². The Kier molecular flexibility index (Phi) is 7.30. The minimum atomic E-state index is -0.791. The number of ether oxygens (including phenoxy) is 1. The predicted octanol–water partition coefficient (Wildman–Crippen LogP) is 2.54. The molecular weight excluding hydrogens is 350 g/mol. The summed E-state index contributed by atoms with van der Waals surface area (Å²) in [7, 11) is 1.54. The van der Waals surface area contributed by atoms with Crippen LogP contribution in [-0.4, -0.2) is 37.0 Å². The van der Waals surface area contributed by atoms with Gasteiger partial charge in [-0.25, -0.2) is 4.79 Å². The number of hydrogen-bond acceptors (Lipinski definition) is 6. The Bertz CT molecular complexity index is 808. The van der Waals surface area contributed by atoms with Gasteiger partial charge in [-0.3, -0.25) is 14.9 Å². The first-order valence-electron chi connectivity index (χ1n) is 8.45. The molecule has 0 aliphatic carbocycles. The third kappa shape index (κ3) is 6.10. The summed E-state index contributed by atoms with van der Waals surface area (Å²) in [6.45, 7) is 0.0271. The molecule has 0 aliphatic rings.